The average molecular weight is 244 g/mol. The molecule has 0 heterocycles. The largest absolute Gasteiger partial charge is 0.375 e. The Hall–Kier alpha value is -0.380. The van der Waals surface area contributed by atoms with E-state index in [0.717, 1.165) is 17.6 Å². The summed E-state index contributed by atoms with van der Waals surface area (Å²) in [7, 11) is 1.92. The summed E-state index contributed by atoms with van der Waals surface area (Å²) >= 11 is 3.39. The Bertz CT molecular complexity index is 235. The molecule has 0 fully saturated rings. The van der Waals surface area contributed by atoms with Gasteiger partial charge >= 0.3 is 0 Å². The minimum Gasteiger partial charge on any atom is -0.375 e. The summed E-state index contributed by atoms with van der Waals surface area (Å²) in [5, 5.41) is 3.03. The molecule has 0 unspecified atom stereocenters. The van der Waals surface area contributed by atoms with Gasteiger partial charge in [0.05, 0.1) is 13.2 Å². The van der Waals surface area contributed by atoms with Crippen molar-refractivity contribution in [2.75, 3.05) is 20.2 Å². The van der Waals surface area contributed by atoms with Crippen molar-refractivity contribution in [1.29, 1.82) is 0 Å². The quantitative estimate of drug-likeness (QED) is 0.801. The first-order valence-electron chi connectivity index (χ1n) is 4.29. The van der Waals surface area contributed by atoms with E-state index in [-0.39, 0.29) is 0 Å². The van der Waals surface area contributed by atoms with E-state index in [0.29, 0.717) is 6.61 Å². The Morgan fingerprint density at radius 1 is 1.31 bits per heavy atom. The van der Waals surface area contributed by atoms with Crippen molar-refractivity contribution >= 4 is 15.9 Å². The molecule has 13 heavy (non-hydrogen) atoms. The van der Waals surface area contributed by atoms with Crippen LogP contribution in [0.25, 0.3) is 0 Å². The zero-order chi connectivity index (χ0) is 9.52. The van der Waals surface area contributed by atoms with Crippen LogP contribution in [0.1, 0.15) is 5.56 Å². The number of likely N-dealkylation sites (N-methyl/N-ethyl adjacent to an activating group) is 1. The van der Waals surface area contributed by atoms with Crippen LogP contribution in [0.3, 0.4) is 0 Å². The fourth-order valence-corrected chi connectivity index (χ4v) is 1.21. The van der Waals surface area contributed by atoms with Gasteiger partial charge in [0, 0.05) is 11.0 Å². The van der Waals surface area contributed by atoms with Crippen molar-refractivity contribution in [2.45, 2.75) is 6.61 Å². The minimum absolute atomic E-state index is 0.689. The normalized spacial score (nSPS) is 10.3. The molecule has 0 bridgehead atoms. The van der Waals surface area contributed by atoms with Gasteiger partial charge in [-0.2, -0.15) is 0 Å². The molecule has 0 spiro atoms. The SMILES string of the molecule is CNCCOCc1ccc(Br)cc1. The van der Waals surface area contributed by atoms with Crippen molar-refractivity contribution in [3.05, 3.63) is 34.3 Å². The summed E-state index contributed by atoms with van der Waals surface area (Å²) in [6, 6.07) is 8.17. The van der Waals surface area contributed by atoms with Crippen molar-refractivity contribution in [2.24, 2.45) is 0 Å². The van der Waals surface area contributed by atoms with E-state index in [2.05, 4.69) is 33.4 Å². The molecule has 3 heteroatoms. The summed E-state index contributed by atoms with van der Waals surface area (Å²) in [5.74, 6) is 0. The third-order valence-electron chi connectivity index (χ3n) is 1.68. The molecule has 1 rings (SSSR count). The number of hydrogen-bond donors (Lipinski definition) is 1. The maximum Gasteiger partial charge on any atom is 0.0717 e. The highest BCUT2D eigenvalue weighted by atomic mass is 79.9. The second-order valence-electron chi connectivity index (χ2n) is 2.78. The van der Waals surface area contributed by atoms with E-state index in [1.54, 1.807) is 0 Å². The number of nitrogens with one attached hydrogen (secondary N) is 1. The lowest BCUT2D eigenvalue weighted by Crippen LogP contribution is -2.13. The van der Waals surface area contributed by atoms with Gasteiger partial charge in [-0.3, -0.25) is 0 Å². The Morgan fingerprint density at radius 2 is 2.00 bits per heavy atom. The molecular formula is C10H14BrNO. The second kappa shape index (κ2) is 6.13. The van der Waals surface area contributed by atoms with Gasteiger partial charge in [-0.1, -0.05) is 28.1 Å². The molecule has 0 aliphatic heterocycles. The highest BCUT2D eigenvalue weighted by Crippen LogP contribution is 2.10. The lowest BCUT2D eigenvalue weighted by atomic mass is 10.2. The van der Waals surface area contributed by atoms with E-state index < -0.39 is 0 Å². The molecule has 0 amide bonds. The second-order valence-corrected chi connectivity index (χ2v) is 3.70. The molecule has 0 aliphatic rings. The zero-order valence-electron chi connectivity index (χ0n) is 7.72. The van der Waals surface area contributed by atoms with Crippen molar-refractivity contribution in [3.8, 4) is 0 Å². The fourth-order valence-electron chi connectivity index (χ4n) is 0.945. The molecule has 1 aromatic carbocycles. The predicted molar refractivity (Wildman–Crippen MR) is 57.7 cm³/mol. The van der Waals surface area contributed by atoms with E-state index >= 15 is 0 Å². The number of rotatable bonds is 5. The molecular weight excluding hydrogens is 230 g/mol. The molecule has 1 N–H and O–H groups in total. The summed E-state index contributed by atoms with van der Waals surface area (Å²) < 4.78 is 6.53. The van der Waals surface area contributed by atoms with Crippen molar-refractivity contribution < 1.29 is 4.74 Å². The summed E-state index contributed by atoms with van der Waals surface area (Å²) in [5.41, 5.74) is 1.21. The van der Waals surface area contributed by atoms with Gasteiger partial charge in [0.25, 0.3) is 0 Å². The molecule has 72 valence electrons. The van der Waals surface area contributed by atoms with Crippen LogP contribution in [-0.4, -0.2) is 20.2 Å². The van der Waals surface area contributed by atoms with Gasteiger partial charge < -0.3 is 10.1 Å². The fraction of sp³-hybridized carbons (Fsp3) is 0.400. The standard InChI is InChI=1S/C10H14BrNO/c1-12-6-7-13-8-9-2-4-10(11)5-3-9/h2-5,12H,6-8H2,1H3. The smallest absolute Gasteiger partial charge is 0.0717 e. The Morgan fingerprint density at radius 3 is 2.62 bits per heavy atom. The molecule has 0 aliphatic carbocycles. The average Bonchev–Trinajstić information content (AvgIpc) is 2.15. The van der Waals surface area contributed by atoms with E-state index in [9.17, 15) is 0 Å². The van der Waals surface area contributed by atoms with Gasteiger partial charge in [-0.25, -0.2) is 0 Å². The molecule has 0 saturated carbocycles. The third kappa shape index (κ3) is 4.41. The van der Waals surface area contributed by atoms with Crippen LogP contribution < -0.4 is 5.32 Å². The van der Waals surface area contributed by atoms with Crippen LogP contribution in [0, 0.1) is 0 Å². The third-order valence-corrected chi connectivity index (χ3v) is 2.21. The van der Waals surface area contributed by atoms with E-state index in [4.69, 9.17) is 4.74 Å². The van der Waals surface area contributed by atoms with Crippen molar-refractivity contribution in [1.82, 2.24) is 5.32 Å². The van der Waals surface area contributed by atoms with Crippen LogP contribution in [-0.2, 0) is 11.3 Å². The first-order valence-corrected chi connectivity index (χ1v) is 5.09. The van der Waals surface area contributed by atoms with Crippen LogP contribution in [0.5, 0.6) is 0 Å². The summed E-state index contributed by atoms with van der Waals surface area (Å²) in [6.45, 7) is 2.35. The Balaban J connectivity index is 2.25. The van der Waals surface area contributed by atoms with Gasteiger partial charge in [0.15, 0.2) is 0 Å². The minimum atomic E-state index is 0.689. The zero-order valence-corrected chi connectivity index (χ0v) is 9.30. The Labute approximate surface area is 87.4 Å². The maximum absolute atomic E-state index is 5.42. The highest BCUT2D eigenvalue weighted by Gasteiger charge is 1.92. The van der Waals surface area contributed by atoms with Crippen LogP contribution in [0.4, 0.5) is 0 Å². The number of ether oxygens (including phenoxy) is 1. The summed E-state index contributed by atoms with van der Waals surface area (Å²) in [6.07, 6.45) is 0. The summed E-state index contributed by atoms with van der Waals surface area (Å²) in [4.78, 5) is 0. The maximum atomic E-state index is 5.42. The van der Waals surface area contributed by atoms with E-state index in [1.807, 2.05) is 19.2 Å². The molecule has 1 aromatic rings. The van der Waals surface area contributed by atoms with E-state index in [1.165, 1.54) is 5.56 Å². The highest BCUT2D eigenvalue weighted by molar-refractivity contribution is 9.10. The van der Waals surface area contributed by atoms with Crippen molar-refractivity contribution in [3.63, 3.8) is 0 Å². The van der Waals surface area contributed by atoms with Gasteiger partial charge in [-0.15, -0.1) is 0 Å². The number of hydrogen-bond acceptors (Lipinski definition) is 2. The lowest BCUT2D eigenvalue weighted by Gasteiger charge is -2.03. The van der Waals surface area contributed by atoms with Crippen LogP contribution in [0.2, 0.25) is 0 Å². The molecule has 2 nitrogen and oxygen atoms in total. The number of halogens is 1. The van der Waals surface area contributed by atoms with Gasteiger partial charge in [0.2, 0.25) is 0 Å². The van der Waals surface area contributed by atoms with Gasteiger partial charge in [-0.05, 0) is 24.7 Å². The number of benzene rings is 1. The first-order chi connectivity index (χ1) is 6.33. The van der Waals surface area contributed by atoms with Gasteiger partial charge in [0.1, 0.15) is 0 Å². The van der Waals surface area contributed by atoms with Crippen LogP contribution in [0.15, 0.2) is 28.7 Å². The Kier molecular flexibility index (Phi) is 5.05. The first kappa shape index (κ1) is 10.7. The molecule has 0 saturated heterocycles. The molecule has 0 atom stereocenters. The monoisotopic (exact) mass is 243 g/mol. The van der Waals surface area contributed by atoms with Crippen LogP contribution >= 0.6 is 15.9 Å². The lowest BCUT2D eigenvalue weighted by molar-refractivity contribution is 0.124. The molecule has 0 radical (unpaired) electrons. The molecule has 0 aromatic heterocycles. The topological polar surface area (TPSA) is 21.3 Å². The predicted octanol–water partition coefficient (Wildman–Crippen LogP) is 2.19.